The predicted molar refractivity (Wildman–Crippen MR) is 139 cm³/mol. The zero-order valence-electron chi connectivity index (χ0n) is 18.9. The SMILES string of the molecule is CCc1cc(-c2cn3ccsc3n2)cc(-c2cc(-c3cn4c(C)csc4n3)ccc2CC)c1. The fraction of sp³-hybridized carbons (Fsp3) is 0.185. The number of thiazole rings is 2. The maximum absolute atomic E-state index is 4.88. The van der Waals surface area contributed by atoms with Crippen molar-refractivity contribution in [1.82, 2.24) is 18.8 Å². The molecule has 0 aliphatic heterocycles. The lowest BCUT2D eigenvalue weighted by molar-refractivity contribution is 1.13. The van der Waals surface area contributed by atoms with Crippen LogP contribution < -0.4 is 0 Å². The van der Waals surface area contributed by atoms with Gasteiger partial charge in [0, 0.05) is 46.2 Å². The second-order valence-corrected chi connectivity index (χ2v) is 10.1. The number of fused-ring (bicyclic) bond motifs is 2. The first-order chi connectivity index (χ1) is 16.1. The molecule has 0 radical (unpaired) electrons. The molecule has 0 fully saturated rings. The van der Waals surface area contributed by atoms with Crippen LogP contribution in [0.4, 0.5) is 0 Å². The number of aromatic nitrogens is 4. The van der Waals surface area contributed by atoms with E-state index >= 15 is 0 Å². The first-order valence-electron chi connectivity index (χ1n) is 11.3. The Hall–Kier alpha value is -3.22. The van der Waals surface area contributed by atoms with Crippen molar-refractivity contribution in [3.63, 3.8) is 0 Å². The van der Waals surface area contributed by atoms with Gasteiger partial charge in [0.05, 0.1) is 11.4 Å². The third kappa shape index (κ3) is 3.50. The molecule has 0 saturated heterocycles. The molecule has 0 spiro atoms. The Morgan fingerprint density at radius 1 is 0.818 bits per heavy atom. The summed E-state index contributed by atoms with van der Waals surface area (Å²) >= 11 is 3.35. The van der Waals surface area contributed by atoms with Crippen molar-refractivity contribution < 1.29 is 0 Å². The summed E-state index contributed by atoms with van der Waals surface area (Å²) in [5, 5.41) is 4.22. The topological polar surface area (TPSA) is 34.6 Å². The zero-order valence-corrected chi connectivity index (χ0v) is 20.5. The van der Waals surface area contributed by atoms with Gasteiger partial charge in [0.15, 0.2) is 9.92 Å². The second kappa shape index (κ2) is 7.97. The lowest BCUT2D eigenvalue weighted by atomic mass is 9.92. The molecule has 164 valence electrons. The summed E-state index contributed by atoms with van der Waals surface area (Å²) in [6.07, 6.45) is 8.32. The Morgan fingerprint density at radius 3 is 2.42 bits per heavy atom. The van der Waals surface area contributed by atoms with Crippen LogP contribution in [0.1, 0.15) is 30.7 Å². The van der Waals surface area contributed by atoms with E-state index in [9.17, 15) is 0 Å². The Morgan fingerprint density at radius 2 is 1.64 bits per heavy atom. The molecule has 0 atom stereocenters. The molecule has 0 saturated carbocycles. The summed E-state index contributed by atoms with van der Waals surface area (Å²) < 4.78 is 4.27. The minimum absolute atomic E-state index is 0.985. The number of imidazole rings is 2. The maximum Gasteiger partial charge on any atom is 0.194 e. The van der Waals surface area contributed by atoms with Gasteiger partial charge in [0.2, 0.25) is 0 Å². The van der Waals surface area contributed by atoms with Crippen LogP contribution in [0, 0.1) is 6.92 Å². The highest BCUT2D eigenvalue weighted by molar-refractivity contribution is 7.15. The van der Waals surface area contributed by atoms with Crippen LogP contribution in [0.3, 0.4) is 0 Å². The Labute approximate surface area is 200 Å². The van der Waals surface area contributed by atoms with Crippen LogP contribution in [-0.4, -0.2) is 18.8 Å². The van der Waals surface area contributed by atoms with Crippen molar-refractivity contribution in [1.29, 1.82) is 0 Å². The maximum atomic E-state index is 4.88. The molecule has 0 N–H and O–H groups in total. The lowest BCUT2D eigenvalue weighted by Gasteiger charge is -2.13. The summed E-state index contributed by atoms with van der Waals surface area (Å²) in [5.74, 6) is 0. The molecular weight excluding hydrogens is 444 g/mol. The molecule has 0 aliphatic carbocycles. The molecule has 6 heteroatoms. The van der Waals surface area contributed by atoms with Gasteiger partial charge in [-0.3, -0.25) is 8.80 Å². The molecule has 0 bridgehead atoms. The van der Waals surface area contributed by atoms with Crippen LogP contribution in [0.25, 0.3) is 43.6 Å². The number of hydrogen-bond donors (Lipinski definition) is 0. The standard InChI is InChI=1S/C27H24N4S2/c1-4-18-10-21(12-22(11-18)24-14-30-8-9-32-26(30)28-24)23-13-20(7-6-19(23)5-2)25-15-31-17(3)16-33-27(31)29-25/h6-16H,4-5H2,1-3H3. The van der Waals surface area contributed by atoms with Crippen molar-refractivity contribution in [3.05, 3.63) is 82.6 Å². The molecule has 33 heavy (non-hydrogen) atoms. The van der Waals surface area contributed by atoms with Crippen molar-refractivity contribution >= 4 is 32.6 Å². The quantitative estimate of drug-likeness (QED) is 0.262. The van der Waals surface area contributed by atoms with E-state index in [4.69, 9.17) is 9.97 Å². The van der Waals surface area contributed by atoms with Crippen LogP contribution in [-0.2, 0) is 12.8 Å². The third-order valence-electron chi connectivity index (χ3n) is 6.28. The number of aryl methyl sites for hydroxylation is 3. The van der Waals surface area contributed by atoms with Gasteiger partial charge in [-0.25, -0.2) is 9.97 Å². The van der Waals surface area contributed by atoms with E-state index in [-0.39, 0.29) is 0 Å². The highest BCUT2D eigenvalue weighted by Crippen LogP contribution is 2.34. The Kier molecular flexibility index (Phi) is 4.93. The molecule has 2 aromatic carbocycles. The average molecular weight is 469 g/mol. The van der Waals surface area contributed by atoms with Crippen molar-refractivity contribution in [2.45, 2.75) is 33.6 Å². The lowest BCUT2D eigenvalue weighted by Crippen LogP contribution is -1.93. The molecule has 0 amide bonds. The predicted octanol–water partition coefficient (Wildman–Crippen LogP) is 7.54. The molecule has 6 rings (SSSR count). The summed E-state index contributed by atoms with van der Waals surface area (Å²) in [7, 11) is 0. The fourth-order valence-corrected chi connectivity index (χ4v) is 5.96. The largest absolute Gasteiger partial charge is 0.297 e. The van der Waals surface area contributed by atoms with Crippen LogP contribution >= 0.6 is 22.7 Å². The second-order valence-electron chi connectivity index (χ2n) is 8.37. The highest BCUT2D eigenvalue weighted by Gasteiger charge is 2.14. The molecule has 4 heterocycles. The van der Waals surface area contributed by atoms with Gasteiger partial charge in [-0.05, 0) is 60.2 Å². The highest BCUT2D eigenvalue weighted by atomic mass is 32.1. The van der Waals surface area contributed by atoms with E-state index in [0.29, 0.717) is 0 Å². The molecule has 0 unspecified atom stereocenters. The first-order valence-corrected chi connectivity index (χ1v) is 13.0. The zero-order chi connectivity index (χ0) is 22.5. The summed E-state index contributed by atoms with van der Waals surface area (Å²) in [6, 6.07) is 13.7. The van der Waals surface area contributed by atoms with Gasteiger partial charge >= 0.3 is 0 Å². The molecule has 4 aromatic heterocycles. The Balaban J connectivity index is 1.50. The van der Waals surface area contributed by atoms with Crippen molar-refractivity contribution in [2.24, 2.45) is 0 Å². The third-order valence-corrected chi connectivity index (χ3v) is 8.00. The van der Waals surface area contributed by atoms with Gasteiger partial charge in [0.1, 0.15) is 0 Å². The number of rotatable bonds is 5. The summed E-state index contributed by atoms with van der Waals surface area (Å²) in [4.78, 5) is 11.8. The van der Waals surface area contributed by atoms with Gasteiger partial charge in [-0.1, -0.05) is 32.0 Å². The molecule has 0 aliphatic rings. The minimum atomic E-state index is 0.985. The van der Waals surface area contributed by atoms with Crippen molar-refractivity contribution in [3.8, 4) is 33.6 Å². The van der Waals surface area contributed by atoms with Crippen LogP contribution in [0.15, 0.2) is 65.7 Å². The molecule has 6 aromatic rings. The smallest absolute Gasteiger partial charge is 0.194 e. The Bertz CT molecular complexity index is 1580. The monoisotopic (exact) mass is 468 g/mol. The number of benzene rings is 2. The van der Waals surface area contributed by atoms with Crippen molar-refractivity contribution in [2.75, 3.05) is 0 Å². The molecule has 4 nitrogen and oxygen atoms in total. The van der Waals surface area contributed by atoms with E-state index in [1.54, 1.807) is 22.7 Å². The van der Waals surface area contributed by atoms with Gasteiger partial charge in [-0.15, -0.1) is 22.7 Å². The van der Waals surface area contributed by atoms with E-state index in [2.05, 4.69) is 95.3 Å². The number of hydrogen-bond acceptors (Lipinski definition) is 4. The summed E-state index contributed by atoms with van der Waals surface area (Å²) in [6.45, 7) is 6.56. The van der Waals surface area contributed by atoms with E-state index in [1.807, 2.05) is 0 Å². The van der Waals surface area contributed by atoms with Gasteiger partial charge in [-0.2, -0.15) is 0 Å². The van der Waals surface area contributed by atoms with Crippen LogP contribution in [0.2, 0.25) is 0 Å². The van der Waals surface area contributed by atoms with E-state index in [1.165, 1.54) is 33.5 Å². The average Bonchev–Trinajstić information content (AvgIpc) is 3.61. The van der Waals surface area contributed by atoms with Gasteiger partial charge in [0.25, 0.3) is 0 Å². The molecular formula is C27H24N4S2. The van der Waals surface area contributed by atoms with E-state index < -0.39 is 0 Å². The van der Waals surface area contributed by atoms with Gasteiger partial charge < -0.3 is 0 Å². The normalized spacial score (nSPS) is 11.7. The van der Waals surface area contributed by atoms with Crippen LogP contribution in [0.5, 0.6) is 0 Å². The van der Waals surface area contributed by atoms with E-state index in [0.717, 1.165) is 39.7 Å². The number of nitrogens with zero attached hydrogens (tertiary/aromatic N) is 4. The minimum Gasteiger partial charge on any atom is -0.297 e. The first kappa shape index (κ1) is 20.4. The summed E-state index contributed by atoms with van der Waals surface area (Å²) in [5.41, 5.74) is 10.8. The fourth-order valence-electron chi connectivity index (χ4n) is 4.41.